The van der Waals surface area contributed by atoms with Gasteiger partial charge in [-0.05, 0) is 42.2 Å². The maximum absolute atomic E-state index is 14.5. The number of rotatable bonds is 5. The van der Waals surface area contributed by atoms with Gasteiger partial charge in [0.25, 0.3) is 0 Å². The molecule has 0 bridgehead atoms. The van der Waals surface area contributed by atoms with Gasteiger partial charge in [-0.25, -0.2) is 23.4 Å². The molecule has 6 nitrogen and oxygen atoms in total. The molecule has 4 aromatic rings. The molecule has 0 radical (unpaired) electrons. The van der Waals surface area contributed by atoms with Gasteiger partial charge in [0, 0.05) is 23.4 Å². The molecule has 1 aliphatic carbocycles. The fourth-order valence-corrected chi connectivity index (χ4v) is 7.15. The molecule has 2 aromatic carbocycles. The lowest BCUT2D eigenvalue weighted by Gasteiger charge is -2.18. The summed E-state index contributed by atoms with van der Waals surface area (Å²) in [6.07, 6.45) is 4.54. The van der Waals surface area contributed by atoms with Crippen molar-refractivity contribution in [2.45, 2.75) is 17.7 Å². The highest BCUT2D eigenvalue weighted by molar-refractivity contribution is 8.09. The van der Waals surface area contributed by atoms with E-state index in [1.807, 2.05) is 30.3 Å². The van der Waals surface area contributed by atoms with E-state index in [1.54, 1.807) is 11.8 Å². The molecule has 2 aliphatic heterocycles. The fraction of sp³-hybridized carbons (Fsp3) is 0.222. The van der Waals surface area contributed by atoms with Crippen LogP contribution in [0.1, 0.15) is 23.5 Å². The molecule has 1 spiro atoms. The maximum atomic E-state index is 14.5. The van der Waals surface area contributed by atoms with Crippen LogP contribution in [0.5, 0.6) is 5.75 Å². The van der Waals surface area contributed by atoms with E-state index >= 15 is 0 Å². The first-order chi connectivity index (χ1) is 17.6. The summed E-state index contributed by atoms with van der Waals surface area (Å²) in [5, 5.41) is 7.67. The Morgan fingerprint density at radius 1 is 1.11 bits per heavy atom. The van der Waals surface area contributed by atoms with Crippen LogP contribution in [0.2, 0.25) is 0 Å². The van der Waals surface area contributed by atoms with Crippen LogP contribution < -0.4 is 10.1 Å². The largest absolute Gasteiger partial charge is 0.492 e. The lowest BCUT2D eigenvalue weighted by molar-refractivity contribution is 0.304. The first-order valence-electron chi connectivity index (χ1n) is 11.8. The molecule has 1 fully saturated rings. The number of halogens is 2. The molecule has 9 heteroatoms. The summed E-state index contributed by atoms with van der Waals surface area (Å²) >= 11 is 1.70. The van der Waals surface area contributed by atoms with E-state index < -0.39 is 11.6 Å². The number of anilines is 1. The number of hydrogen-bond donors (Lipinski definition) is 1. The summed E-state index contributed by atoms with van der Waals surface area (Å²) in [4.78, 5) is 10.4. The van der Waals surface area contributed by atoms with Gasteiger partial charge in [0.1, 0.15) is 35.1 Å². The summed E-state index contributed by atoms with van der Waals surface area (Å²) < 4.78 is 35.3. The molecular weight excluding hydrogens is 480 g/mol. The molecule has 0 amide bonds. The van der Waals surface area contributed by atoms with Crippen LogP contribution in [0.15, 0.2) is 73.1 Å². The lowest BCUT2D eigenvalue weighted by Crippen LogP contribution is -2.11. The van der Waals surface area contributed by atoms with E-state index in [-0.39, 0.29) is 16.4 Å². The third-order valence-electron chi connectivity index (χ3n) is 7.12. The first-order valence-corrected chi connectivity index (χ1v) is 12.6. The Bertz CT molecular complexity index is 1510. The fourth-order valence-electron chi connectivity index (χ4n) is 5.38. The Morgan fingerprint density at radius 3 is 2.86 bits per heavy atom. The Morgan fingerprint density at radius 2 is 2.00 bits per heavy atom. The van der Waals surface area contributed by atoms with Crippen LogP contribution in [0.4, 0.5) is 14.6 Å². The Kier molecular flexibility index (Phi) is 4.89. The summed E-state index contributed by atoms with van der Waals surface area (Å²) in [7, 11) is 0. The quantitative estimate of drug-likeness (QED) is 0.386. The second-order valence-corrected chi connectivity index (χ2v) is 10.5. The van der Waals surface area contributed by atoms with Crippen LogP contribution in [-0.4, -0.2) is 26.4 Å². The monoisotopic (exact) mass is 501 g/mol. The number of nitrogens with zero attached hydrogens (tertiary/aromatic N) is 4. The number of benzene rings is 2. The Labute approximate surface area is 210 Å². The molecule has 0 saturated heterocycles. The van der Waals surface area contributed by atoms with Gasteiger partial charge in [0.2, 0.25) is 0 Å². The number of pyridine rings is 1. The lowest BCUT2D eigenvalue weighted by atomic mass is 10.1. The summed E-state index contributed by atoms with van der Waals surface area (Å²) in [6.45, 7) is 1.32. The predicted molar refractivity (Wildman–Crippen MR) is 134 cm³/mol. The van der Waals surface area contributed by atoms with E-state index in [2.05, 4.69) is 33.6 Å². The van der Waals surface area contributed by atoms with Gasteiger partial charge < -0.3 is 10.1 Å². The molecule has 3 aliphatic rings. The third kappa shape index (κ3) is 3.33. The molecule has 1 saturated carbocycles. The molecule has 1 N–H and O–H groups in total. The molecule has 7 rings (SSSR count). The summed E-state index contributed by atoms with van der Waals surface area (Å²) in [6, 6.07) is 17.6. The minimum atomic E-state index is -0.685. The molecule has 3 unspecified atom stereocenters. The first kappa shape index (κ1) is 21.6. The van der Waals surface area contributed by atoms with Crippen molar-refractivity contribution in [3.63, 3.8) is 0 Å². The highest BCUT2D eigenvalue weighted by Crippen LogP contribution is 2.77. The second kappa shape index (κ2) is 8.16. The Balaban J connectivity index is 1.21. The van der Waals surface area contributed by atoms with E-state index in [0.717, 1.165) is 34.7 Å². The average Bonchev–Trinajstić information content (AvgIpc) is 3.17. The number of fused-ring (bicyclic) bond motifs is 2. The van der Waals surface area contributed by atoms with Crippen molar-refractivity contribution in [1.29, 1.82) is 0 Å². The zero-order valence-corrected chi connectivity index (χ0v) is 19.9. The number of ether oxygens (including phenoxy) is 1. The van der Waals surface area contributed by atoms with Gasteiger partial charge >= 0.3 is 0 Å². The van der Waals surface area contributed by atoms with Crippen molar-refractivity contribution >= 4 is 22.5 Å². The molecule has 4 heterocycles. The van der Waals surface area contributed by atoms with Gasteiger partial charge in [0.05, 0.1) is 11.4 Å². The van der Waals surface area contributed by atoms with Crippen LogP contribution in [-0.2, 0) is 11.3 Å². The zero-order chi connectivity index (χ0) is 24.3. The van der Waals surface area contributed by atoms with Gasteiger partial charge in [-0.15, -0.1) is 11.8 Å². The summed E-state index contributed by atoms with van der Waals surface area (Å²) in [5.74, 6) is 1.51. The predicted octanol–water partition coefficient (Wildman–Crippen LogP) is 5.56. The SMILES string of the molecule is Fc1ccc(-n2ncnc2C2=CC3C4CCOc5ccc(NCc6ccccc6)nc5C34S2)c(F)c1. The van der Waals surface area contributed by atoms with E-state index in [9.17, 15) is 8.78 Å². The van der Waals surface area contributed by atoms with Crippen molar-refractivity contribution in [3.8, 4) is 11.4 Å². The van der Waals surface area contributed by atoms with Crippen LogP contribution in [0.3, 0.4) is 0 Å². The van der Waals surface area contributed by atoms with Crippen LogP contribution in [0, 0.1) is 23.5 Å². The number of thioether (sulfide) groups is 1. The third-order valence-corrected chi connectivity index (χ3v) is 8.76. The minimum absolute atomic E-state index is 0.162. The van der Waals surface area contributed by atoms with Crippen molar-refractivity contribution in [2.24, 2.45) is 11.8 Å². The number of aromatic nitrogens is 4. The van der Waals surface area contributed by atoms with E-state index in [4.69, 9.17) is 9.72 Å². The maximum Gasteiger partial charge on any atom is 0.169 e. The molecule has 3 atom stereocenters. The number of allylic oxidation sites excluding steroid dienone is 1. The Hall–Kier alpha value is -3.72. The van der Waals surface area contributed by atoms with E-state index in [0.29, 0.717) is 24.9 Å². The van der Waals surface area contributed by atoms with Gasteiger partial charge in [-0.2, -0.15) is 5.10 Å². The number of hydrogen-bond acceptors (Lipinski definition) is 6. The van der Waals surface area contributed by atoms with Crippen LogP contribution in [0.25, 0.3) is 10.6 Å². The minimum Gasteiger partial charge on any atom is -0.492 e. The molecular formula is C27H21F2N5OS. The van der Waals surface area contributed by atoms with Crippen molar-refractivity contribution in [3.05, 3.63) is 102 Å². The highest BCUT2D eigenvalue weighted by Gasteiger charge is 2.70. The van der Waals surface area contributed by atoms with Crippen LogP contribution >= 0.6 is 11.8 Å². The zero-order valence-electron chi connectivity index (χ0n) is 19.1. The highest BCUT2D eigenvalue weighted by atomic mass is 32.2. The van der Waals surface area contributed by atoms with Gasteiger partial charge in [-0.1, -0.05) is 36.4 Å². The van der Waals surface area contributed by atoms with Gasteiger partial charge in [0.15, 0.2) is 11.6 Å². The normalized spacial score (nSPS) is 23.6. The average molecular weight is 502 g/mol. The molecule has 36 heavy (non-hydrogen) atoms. The second-order valence-electron chi connectivity index (χ2n) is 9.17. The van der Waals surface area contributed by atoms with Crippen molar-refractivity contribution < 1.29 is 13.5 Å². The van der Waals surface area contributed by atoms with E-state index in [1.165, 1.54) is 28.7 Å². The van der Waals surface area contributed by atoms with Crippen molar-refractivity contribution in [2.75, 3.05) is 11.9 Å². The molecule has 2 aromatic heterocycles. The molecule has 180 valence electrons. The standard InChI is InChI=1S/C27H21F2N5OS/c28-17-6-7-21(20(29)12-17)34-26(31-15-32-34)23-13-19-18-10-11-35-22-8-9-24(33-25(22)27(18,19)36-23)30-14-16-4-2-1-3-5-16/h1-9,12-13,15,18-19H,10-11,14H2,(H,30,33). The topological polar surface area (TPSA) is 64.9 Å². The van der Waals surface area contributed by atoms with Crippen molar-refractivity contribution in [1.82, 2.24) is 19.7 Å². The van der Waals surface area contributed by atoms with Gasteiger partial charge in [-0.3, -0.25) is 0 Å². The smallest absolute Gasteiger partial charge is 0.169 e. The summed E-state index contributed by atoms with van der Waals surface area (Å²) in [5.41, 5.74) is 2.27. The number of nitrogens with one attached hydrogen (secondary N) is 1.